The Kier molecular flexibility index (Phi) is 6.11. The Morgan fingerprint density at radius 2 is 1.69 bits per heavy atom. The van der Waals surface area contributed by atoms with Gasteiger partial charge in [-0.1, -0.05) is 47.1 Å². The van der Waals surface area contributed by atoms with E-state index in [-0.39, 0.29) is 0 Å². The molecule has 0 N–H and O–H groups in total. The molecule has 0 saturated heterocycles. The lowest BCUT2D eigenvalue weighted by Gasteiger charge is -2.30. The Morgan fingerprint density at radius 3 is 2.00 bits per heavy atom. The maximum atomic E-state index is 3.81. The van der Waals surface area contributed by atoms with Gasteiger partial charge in [0.2, 0.25) is 0 Å². The molecule has 3 unspecified atom stereocenters. The minimum atomic E-state index is 0.782. The van der Waals surface area contributed by atoms with Crippen LogP contribution in [0.5, 0.6) is 0 Å². The van der Waals surface area contributed by atoms with E-state index >= 15 is 0 Å². The predicted octanol–water partition coefficient (Wildman–Crippen LogP) is 4.52. The molecule has 0 aliphatic rings. The van der Waals surface area contributed by atoms with Gasteiger partial charge in [0.25, 0.3) is 0 Å². The Morgan fingerprint density at radius 1 is 1.15 bits per heavy atom. The van der Waals surface area contributed by atoms with Crippen molar-refractivity contribution in [2.45, 2.75) is 47.5 Å². The second-order valence-electron chi connectivity index (χ2n) is 4.68. The largest absolute Gasteiger partial charge is 0.103 e. The lowest BCUT2D eigenvalue weighted by molar-refractivity contribution is 0.199. The first-order chi connectivity index (χ1) is 6.04. The van der Waals surface area contributed by atoms with E-state index in [0.717, 1.165) is 30.1 Å². The van der Waals surface area contributed by atoms with Gasteiger partial charge < -0.3 is 0 Å². The molecule has 0 rings (SSSR count). The van der Waals surface area contributed by atoms with Crippen molar-refractivity contribution in [1.82, 2.24) is 0 Å². The molecule has 0 fully saturated rings. The average Bonchev–Trinajstić information content (AvgIpc) is 2.05. The molecular formula is C13H26. The second-order valence-corrected chi connectivity index (χ2v) is 4.68. The number of allylic oxidation sites excluding steroid dienone is 1. The fourth-order valence-electron chi connectivity index (χ4n) is 2.35. The van der Waals surface area contributed by atoms with Crippen LogP contribution in [0.15, 0.2) is 12.7 Å². The summed E-state index contributed by atoms with van der Waals surface area (Å²) in [5.74, 6) is 3.29. The van der Waals surface area contributed by atoms with Crippen molar-refractivity contribution in [3.63, 3.8) is 0 Å². The zero-order valence-electron chi connectivity index (χ0n) is 10.0. The van der Waals surface area contributed by atoms with E-state index in [4.69, 9.17) is 0 Å². The van der Waals surface area contributed by atoms with Gasteiger partial charge in [0, 0.05) is 0 Å². The molecule has 0 heterocycles. The first-order valence-corrected chi connectivity index (χ1v) is 5.65. The summed E-state index contributed by atoms with van der Waals surface area (Å²) in [7, 11) is 0. The van der Waals surface area contributed by atoms with Crippen LogP contribution in [0.1, 0.15) is 47.5 Å². The highest BCUT2D eigenvalue weighted by molar-refractivity contribution is 4.78. The lowest BCUT2D eigenvalue weighted by atomic mass is 9.75. The maximum absolute atomic E-state index is 3.81. The molecular weight excluding hydrogens is 156 g/mol. The third kappa shape index (κ3) is 3.97. The van der Waals surface area contributed by atoms with Crippen molar-refractivity contribution in [2.75, 3.05) is 0 Å². The SMILES string of the molecule is C=CCC(C)C(C)C(CC)C(C)C. The Labute approximate surface area is 84.4 Å². The van der Waals surface area contributed by atoms with Crippen molar-refractivity contribution in [3.8, 4) is 0 Å². The molecule has 0 aromatic heterocycles. The van der Waals surface area contributed by atoms with Crippen LogP contribution in [-0.2, 0) is 0 Å². The van der Waals surface area contributed by atoms with Crippen molar-refractivity contribution in [1.29, 1.82) is 0 Å². The molecule has 0 radical (unpaired) electrons. The third-order valence-electron chi connectivity index (χ3n) is 3.44. The maximum Gasteiger partial charge on any atom is -0.0325 e. The quantitative estimate of drug-likeness (QED) is 0.530. The van der Waals surface area contributed by atoms with E-state index in [9.17, 15) is 0 Å². The lowest BCUT2D eigenvalue weighted by Crippen LogP contribution is -2.22. The van der Waals surface area contributed by atoms with Gasteiger partial charge >= 0.3 is 0 Å². The Balaban J connectivity index is 4.17. The normalized spacial score (nSPS) is 18.3. The summed E-state index contributed by atoms with van der Waals surface area (Å²) in [6.45, 7) is 15.5. The zero-order valence-corrected chi connectivity index (χ0v) is 10.0. The molecule has 0 aliphatic carbocycles. The molecule has 0 aromatic carbocycles. The standard InChI is InChI=1S/C13H26/c1-7-9-11(5)12(6)13(8-2)10(3)4/h7,10-13H,1,8-9H2,2-6H3. The zero-order chi connectivity index (χ0) is 10.4. The smallest absolute Gasteiger partial charge is 0.0325 e. The average molecular weight is 182 g/mol. The second kappa shape index (κ2) is 6.23. The van der Waals surface area contributed by atoms with E-state index in [2.05, 4.69) is 41.2 Å². The summed E-state index contributed by atoms with van der Waals surface area (Å²) in [6, 6.07) is 0. The van der Waals surface area contributed by atoms with Gasteiger partial charge in [-0.05, 0) is 30.1 Å². The number of hydrogen-bond acceptors (Lipinski definition) is 0. The Bertz CT molecular complexity index is 135. The van der Waals surface area contributed by atoms with E-state index in [1.165, 1.54) is 6.42 Å². The predicted molar refractivity (Wildman–Crippen MR) is 61.8 cm³/mol. The van der Waals surface area contributed by atoms with Gasteiger partial charge in [-0.3, -0.25) is 0 Å². The fourth-order valence-corrected chi connectivity index (χ4v) is 2.35. The van der Waals surface area contributed by atoms with Gasteiger partial charge in [-0.2, -0.15) is 0 Å². The molecule has 3 atom stereocenters. The van der Waals surface area contributed by atoms with Crippen molar-refractivity contribution in [3.05, 3.63) is 12.7 Å². The van der Waals surface area contributed by atoms with Crippen molar-refractivity contribution < 1.29 is 0 Å². The molecule has 78 valence electrons. The molecule has 0 nitrogen and oxygen atoms in total. The third-order valence-corrected chi connectivity index (χ3v) is 3.44. The minimum absolute atomic E-state index is 0.782. The van der Waals surface area contributed by atoms with Gasteiger partial charge in [0.05, 0.1) is 0 Å². The first-order valence-electron chi connectivity index (χ1n) is 5.65. The van der Waals surface area contributed by atoms with Crippen molar-refractivity contribution >= 4 is 0 Å². The van der Waals surface area contributed by atoms with Crippen LogP contribution in [0.25, 0.3) is 0 Å². The molecule has 13 heavy (non-hydrogen) atoms. The monoisotopic (exact) mass is 182 g/mol. The number of rotatable bonds is 6. The first kappa shape index (κ1) is 12.7. The molecule has 0 aromatic rings. The van der Waals surface area contributed by atoms with Crippen LogP contribution in [-0.4, -0.2) is 0 Å². The van der Waals surface area contributed by atoms with Crippen LogP contribution in [0.3, 0.4) is 0 Å². The summed E-state index contributed by atoms with van der Waals surface area (Å²) in [4.78, 5) is 0. The summed E-state index contributed by atoms with van der Waals surface area (Å²) >= 11 is 0. The van der Waals surface area contributed by atoms with Gasteiger partial charge in [-0.15, -0.1) is 6.58 Å². The molecule has 0 heteroatoms. The van der Waals surface area contributed by atoms with Crippen molar-refractivity contribution in [2.24, 2.45) is 23.7 Å². The molecule has 0 aliphatic heterocycles. The van der Waals surface area contributed by atoms with E-state index in [0.29, 0.717) is 0 Å². The van der Waals surface area contributed by atoms with Gasteiger partial charge in [0.1, 0.15) is 0 Å². The van der Waals surface area contributed by atoms with Gasteiger partial charge in [-0.25, -0.2) is 0 Å². The van der Waals surface area contributed by atoms with Gasteiger partial charge in [0.15, 0.2) is 0 Å². The molecule has 0 saturated carbocycles. The van der Waals surface area contributed by atoms with Crippen LogP contribution in [0.2, 0.25) is 0 Å². The highest BCUT2D eigenvalue weighted by atomic mass is 14.3. The molecule has 0 amide bonds. The van der Waals surface area contributed by atoms with Crippen LogP contribution < -0.4 is 0 Å². The summed E-state index contributed by atoms with van der Waals surface area (Å²) in [6.07, 6.45) is 4.51. The minimum Gasteiger partial charge on any atom is -0.103 e. The number of hydrogen-bond donors (Lipinski definition) is 0. The van der Waals surface area contributed by atoms with E-state index in [1.54, 1.807) is 0 Å². The van der Waals surface area contributed by atoms with E-state index < -0.39 is 0 Å². The molecule has 0 bridgehead atoms. The van der Waals surface area contributed by atoms with Crippen LogP contribution >= 0.6 is 0 Å². The van der Waals surface area contributed by atoms with Crippen LogP contribution in [0, 0.1) is 23.7 Å². The Hall–Kier alpha value is -0.260. The van der Waals surface area contributed by atoms with Crippen LogP contribution in [0.4, 0.5) is 0 Å². The highest BCUT2D eigenvalue weighted by Gasteiger charge is 2.22. The van der Waals surface area contributed by atoms with E-state index in [1.807, 2.05) is 6.08 Å². The summed E-state index contributed by atoms with van der Waals surface area (Å²) in [5.41, 5.74) is 0. The fraction of sp³-hybridized carbons (Fsp3) is 0.846. The highest BCUT2D eigenvalue weighted by Crippen LogP contribution is 2.31. The topological polar surface area (TPSA) is 0 Å². The molecule has 0 spiro atoms. The summed E-state index contributed by atoms with van der Waals surface area (Å²) in [5, 5.41) is 0. The summed E-state index contributed by atoms with van der Waals surface area (Å²) < 4.78 is 0.